The fourth-order valence-electron chi connectivity index (χ4n) is 4.10. The van der Waals surface area contributed by atoms with Gasteiger partial charge in [-0.2, -0.15) is 0 Å². The van der Waals surface area contributed by atoms with Gasteiger partial charge in [0.05, 0.1) is 16.8 Å². The maximum absolute atomic E-state index is 13.0. The van der Waals surface area contributed by atoms with Gasteiger partial charge in [-0.15, -0.1) is 0 Å². The fourth-order valence-corrected chi connectivity index (χ4v) is 4.28. The number of hydrogen-bond donors (Lipinski definition) is 1. The highest BCUT2D eigenvalue weighted by atomic mass is 35.5. The molecule has 37 heavy (non-hydrogen) atoms. The van der Waals surface area contributed by atoms with Gasteiger partial charge >= 0.3 is 5.97 Å². The number of ketones is 1. The van der Waals surface area contributed by atoms with Crippen molar-refractivity contribution in [2.75, 3.05) is 11.9 Å². The molecule has 3 aromatic rings. The highest BCUT2D eigenvalue weighted by Crippen LogP contribution is 2.28. The molecule has 0 fully saturated rings. The third-order valence-corrected chi connectivity index (χ3v) is 6.09. The lowest BCUT2D eigenvalue weighted by Gasteiger charge is -2.27. The summed E-state index contributed by atoms with van der Waals surface area (Å²) in [5, 5.41) is 2.88. The van der Waals surface area contributed by atoms with E-state index in [0.717, 1.165) is 4.90 Å². The number of ether oxygens (including phenoxy) is 1. The summed E-state index contributed by atoms with van der Waals surface area (Å²) in [6.45, 7) is 2.66. The summed E-state index contributed by atoms with van der Waals surface area (Å²) in [4.78, 5) is 65.2. The van der Waals surface area contributed by atoms with Crippen LogP contribution in [0.4, 0.5) is 5.69 Å². The van der Waals surface area contributed by atoms with Crippen molar-refractivity contribution in [3.05, 3.63) is 100 Å². The number of hydrogen-bond acceptors (Lipinski definition) is 6. The summed E-state index contributed by atoms with van der Waals surface area (Å²) < 4.78 is 5.21. The van der Waals surface area contributed by atoms with Crippen molar-refractivity contribution in [2.45, 2.75) is 19.9 Å². The van der Waals surface area contributed by atoms with Gasteiger partial charge in [0.2, 0.25) is 0 Å². The zero-order valence-corrected chi connectivity index (χ0v) is 20.8. The standard InChI is InChI=1S/C28H23ClN2O6/c1-16(2)24(31-26(34)19-10-6-7-11-20(19)27(31)35)28(36)37-15-23(32)30-22-13-12-18(29)14-21(22)25(33)17-8-4-3-5-9-17/h3-14,16,24H,15H2,1-2H3,(H,30,32)/t24-/m0/s1. The predicted octanol–water partition coefficient (Wildman–Crippen LogP) is 4.37. The minimum absolute atomic E-state index is 0.171. The van der Waals surface area contributed by atoms with Crippen LogP contribution in [0.1, 0.15) is 50.5 Å². The van der Waals surface area contributed by atoms with Crippen LogP contribution in [0, 0.1) is 5.92 Å². The monoisotopic (exact) mass is 518 g/mol. The van der Waals surface area contributed by atoms with Crippen LogP contribution in [0.3, 0.4) is 0 Å². The van der Waals surface area contributed by atoms with Gasteiger partial charge in [-0.1, -0.05) is 67.9 Å². The Balaban J connectivity index is 1.46. The Morgan fingerprint density at radius 1 is 0.892 bits per heavy atom. The van der Waals surface area contributed by atoms with Crippen molar-refractivity contribution in [1.29, 1.82) is 0 Å². The van der Waals surface area contributed by atoms with E-state index in [1.807, 2.05) is 0 Å². The number of rotatable bonds is 8. The Kier molecular flexibility index (Phi) is 7.50. The number of carbonyl (C=O) groups is 5. The normalized spacial score (nSPS) is 13.4. The van der Waals surface area contributed by atoms with E-state index in [-0.39, 0.29) is 28.2 Å². The SMILES string of the molecule is CC(C)[C@@H](C(=O)OCC(=O)Nc1ccc(Cl)cc1C(=O)c1ccccc1)N1C(=O)c2ccccc2C1=O. The Labute approximate surface area is 218 Å². The zero-order valence-electron chi connectivity index (χ0n) is 20.1. The number of anilines is 1. The summed E-state index contributed by atoms with van der Waals surface area (Å²) in [7, 11) is 0. The lowest BCUT2D eigenvalue weighted by Crippen LogP contribution is -2.49. The first-order valence-corrected chi connectivity index (χ1v) is 11.9. The molecule has 4 rings (SSSR count). The Bertz CT molecular complexity index is 1370. The maximum atomic E-state index is 13.0. The number of halogens is 1. The van der Waals surface area contributed by atoms with Crippen molar-refractivity contribution in [1.82, 2.24) is 4.90 Å². The largest absolute Gasteiger partial charge is 0.454 e. The number of imide groups is 1. The molecule has 0 aromatic heterocycles. The number of esters is 1. The van der Waals surface area contributed by atoms with Crippen LogP contribution >= 0.6 is 11.6 Å². The molecule has 0 bridgehead atoms. The third kappa shape index (κ3) is 5.29. The molecule has 3 aromatic carbocycles. The number of amides is 3. The van der Waals surface area contributed by atoms with Gasteiger partial charge in [-0.3, -0.25) is 24.1 Å². The van der Waals surface area contributed by atoms with Crippen LogP contribution in [0.2, 0.25) is 5.02 Å². The second kappa shape index (κ2) is 10.8. The molecule has 1 atom stereocenters. The summed E-state index contributed by atoms with van der Waals surface area (Å²) in [6, 6.07) is 18.0. The van der Waals surface area contributed by atoms with Crippen LogP contribution in [0.5, 0.6) is 0 Å². The molecule has 0 aliphatic carbocycles. The minimum Gasteiger partial charge on any atom is -0.454 e. The van der Waals surface area contributed by atoms with Gasteiger partial charge in [0, 0.05) is 16.1 Å². The molecule has 188 valence electrons. The molecule has 0 unspecified atom stereocenters. The summed E-state index contributed by atoms with van der Waals surface area (Å²) in [5.41, 5.74) is 1.20. The number of nitrogens with one attached hydrogen (secondary N) is 1. The van der Waals surface area contributed by atoms with Crippen LogP contribution in [0.25, 0.3) is 0 Å². The number of nitrogens with zero attached hydrogens (tertiary/aromatic N) is 1. The number of carbonyl (C=O) groups excluding carboxylic acids is 5. The van der Waals surface area contributed by atoms with Gasteiger partial charge in [-0.05, 0) is 36.2 Å². The topological polar surface area (TPSA) is 110 Å². The molecule has 1 aliphatic heterocycles. The number of fused-ring (bicyclic) bond motifs is 1. The average molecular weight is 519 g/mol. The lowest BCUT2D eigenvalue weighted by molar-refractivity contribution is -0.152. The van der Waals surface area contributed by atoms with Crippen LogP contribution < -0.4 is 5.32 Å². The first-order chi connectivity index (χ1) is 17.7. The van der Waals surface area contributed by atoms with Gasteiger partial charge in [0.25, 0.3) is 17.7 Å². The van der Waals surface area contributed by atoms with Crippen LogP contribution in [-0.2, 0) is 14.3 Å². The van der Waals surface area contributed by atoms with Crippen molar-refractivity contribution >= 4 is 46.8 Å². The summed E-state index contributed by atoms with van der Waals surface area (Å²) in [5.74, 6) is -3.60. The van der Waals surface area contributed by atoms with Gasteiger partial charge < -0.3 is 10.1 Å². The molecule has 0 saturated heterocycles. The van der Waals surface area contributed by atoms with E-state index in [1.54, 1.807) is 56.3 Å². The van der Waals surface area contributed by atoms with E-state index in [4.69, 9.17) is 16.3 Å². The maximum Gasteiger partial charge on any atom is 0.330 e. The predicted molar refractivity (Wildman–Crippen MR) is 136 cm³/mol. The Hall–Kier alpha value is -4.30. The van der Waals surface area contributed by atoms with Gasteiger partial charge in [-0.25, -0.2) is 4.79 Å². The second-order valence-electron chi connectivity index (χ2n) is 8.76. The lowest BCUT2D eigenvalue weighted by atomic mass is 10.0. The second-order valence-corrected chi connectivity index (χ2v) is 9.19. The number of benzene rings is 3. The van der Waals surface area contributed by atoms with E-state index in [2.05, 4.69) is 5.32 Å². The van der Waals surface area contributed by atoms with E-state index in [0.29, 0.717) is 10.6 Å². The highest BCUT2D eigenvalue weighted by molar-refractivity contribution is 6.31. The Morgan fingerprint density at radius 3 is 2.08 bits per heavy atom. The van der Waals surface area contributed by atoms with Crippen molar-refractivity contribution < 1.29 is 28.7 Å². The third-order valence-electron chi connectivity index (χ3n) is 5.86. The molecule has 0 radical (unpaired) electrons. The molecule has 0 saturated carbocycles. The molecule has 1 N–H and O–H groups in total. The molecular formula is C28H23ClN2O6. The summed E-state index contributed by atoms with van der Waals surface area (Å²) >= 11 is 6.08. The van der Waals surface area contributed by atoms with Crippen molar-refractivity contribution in [2.24, 2.45) is 5.92 Å². The summed E-state index contributed by atoms with van der Waals surface area (Å²) in [6.07, 6.45) is 0. The first-order valence-electron chi connectivity index (χ1n) is 11.5. The van der Waals surface area contributed by atoms with Crippen LogP contribution in [-0.4, -0.2) is 47.0 Å². The smallest absolute Gasteiger partial charge is 0.330 e. The van der Waals surface area contributed by atoms with Gasteiger partial charge in [0.15, 0.2) is 12.4 Å². The average Bonchev–Trinajstić information content (AvgIpc) is 3.14. The first kappa shape index (κ1) is 25.8. The molecule has 9 heteroatoms. The Morgan fingerprint density at radius 2 is 1.49 bits per heavy atom. The van der Waals surface area contributed by atoms with E-state index in [1.165, 1.54) is 30.3 Å². The van der Waals surface area contributed by atoms with Crippen molar-refractivity contribution in [3.63, 3.8) is 0 Å². The quantitative estimate of drug-likeness (QED) is 0.269. The van der Waals surface area contributed by atoms with E-state index in [9.17, 15) is 24.0 Å². The molecule has 1 heterocycles. The van der Waals surface area contributed by atoms with Crippen molar-refractivity contribution in [3.8, 4) is 0 Å². The van der Waals surface area contributed by atoms with E-state index >= 15 is 0 Å². The molecular weight excluding hydrogens is 496 g/mol. The molecule has 8 nitrogen and oxygen atoms in total. The molecule has 3 amide bonds. The minimum atomic E-state index is -1.22. The fraction of sp³-hybridized carbons (Fsp3) is 0.179. The highest BCUT2D eigenvalue weighted by Gasteiger charge is 2.44. The molecule has 1 aliphatic rings. The molecule has 0 spiro atoms. The zero-order chi connectivity index (χ0) is 26.7. The van der Waals surface area contributed by atoms with E-state index < -0.39 is 42.3 Å². The van der Waals surface area contributed by atoms with Crippen LogP contribution in [0.15, 0.2) is 72.8 Å². The van der Waals surface area contributed by atoms with Gasteiger partial charge in [0.1, 0.15) is 6.04 Å².